The maximum Gasteiger partial charge on any atom is 0.282 e. The van der Waals surface area contributed by atoms with Gasteiger partial charge in [0.1, 0.15) is 5.69 Å². The van der Waals surface area contributed by atoms with Crippen molar-refractivity contribution in [2.75, 3.05) is 18.8 Å². The molecular formula is C8H10F2N4O. The van der Waals surface area contributed by atoms with E-state index >= 15 is 0 Å². The number of likely N-dealkylation sites (tertiary alicyclic amines) is 1. The Morgan fingerprint density at radius 3 is 2.60 bits per heavy atom. The number of rotatable bonds is 1. The van der Waals surface area contributed by atoms with Crippen LogP contribution >= 0.6 is 0 Å². The highest BCUT2D eigenvalue weighted by Gasteiger charge is 2.47. The Labute approximate surface area is 84.4 Å². The monoisotopic (exact) mass is 216 g/mol. The molecule has 1 aromatic rings. The zero-order valence-electron chi connectivity index (χ0n) is 8.07. The standard InChI is InChI=1S/C8H10F2N4O/c1-13-6(5(11)2-12-13)7(15)14-3-8(9,10)4-14/h2H,3-4,11H2,1H3. The van der Waals surface area contributed by atoms with Gasteiger partial charge in [0.25, 0.3) is 11.8 Å². The van der Waals surface area contributed by atoms with Crippen molar-refractivity contribution in [3.05, 3.63) is 11.9 Å². The van der Waals surface area contributed by atoms with E-state index in [-0.39, 0.29) is 11.4 Å². The Hall–Kier alpha value is -1.66. The molecule has 1 fully saturated rings. The van der Waals surface area contributed by atoms with Crippen LogP contribution in [0.4, 0.5) is 14.5 Å². The second kappa shape index (κ2) is 2.91. The van der Waals surface area contributed by atoms with Crippen molar-refractivity contribution in [2.24, 2.45) is 7.05 Å². The van der Waals surface area contributed by atoms with E-state index in [0.717, 1.165) is 4.90 Å². The van der Waals surface area contributed by atoms with Crippen molar-refractivity contribution >= 4 is 11.6 Å². The van der Waals surface area contributed by atoms with Crippen molar-refractivity contribution in [2.45, 2.75) is 5.92 Å². The largest absolute Gasteiger partial charge is 0.396 e. The van der Waals surface area contributed by atoms with Crippen LogP contribution in [0.5, 0.6) is 0 Å². The average Bonchev–Trinajstić information content (AvgIpc) is 2.41. The number of anilines is 1. The number of nitrogen functional groups attached to an aromatic ring is 1. The van der Waals surface area contributed by atoms with E-state index < -0.39 is 24.9 Å². The van der Waals surface area contributed by atoms with Crippen molar-refractivity contribution in [1.82, 2.24) is 14.7 Å². The number of aromatic nitrogens is 2. The van der Waals surface area contributed by atoms with Crippen LogP contribution in [0.2, 0.25) is 0 Å². The van der Waals surface area contributed by atoms with Gasteiger partial charge in [0.2, 0.25) is 0 Å². The first-order chi connectivity index (χ1) is 6.91. The number of carbonyl (C=O) groups is 1. The van der Waals surface area contributed by atoms with Gasteiger partial charge >= 0.3 is 0 Å². The fourth-order valence-corrected chi connectivity index (χ4v) is 1.52. The van der Waals surface area contributed by atoms with Crippen LogP contribution in [0.1, 0.15) is 10.5 Å². The van der Waals surface area contributed by atoms with Crippen LogP contribution in [0.15, 0.2) is 6.20 Å². The Bertz CT molecular complexity index is 387. The molecule has 1 aliphatic heterocycles. The summed E-state index contributed by atoms with van der Waals surface area (Å²) in [7, 11) is 1.54. The van der Waals surface area contributed by atoms with Gasteiger partial charge in [0.15, 0.2) is 0 Å². The third-order valence-corrected chi connectivity index (χ3v) is 2.30. The molecule has 15 heavy (non-hydrogen) atoms. The summed E-state index contributed by atoms with van der Waals surface area (Å²) < 4.78 is 26.4. The van der Waals surface area contributed by atoms with Gasteiger partial charge in [-0.15, -0.1) is 0 Å². The van der Waals surface area contributed by atoms with E-state index in [1.807, 2.05) is 0 Å². The molecule has 5 nitrogen and oxygen atoms in total. The van der Waals surface area contributed by atoms with Crippen LogP contribution in [0.25, 0.3) is 0 Å². The molecule has 82 valence electrons. The van der Waals surface area contributed by atoms with Crippen LogP contribution in [-0.2, 0) is 7.05 Å². The van der Waals surface area contributed by atoms with Crippen LogP contribution in [0, 0.1) is 0 Å². The molecule has 0 spiro atoms. The number of amides is 1. The summed E-state index contributed by atoms with van der Waals surface area (Å²) in [6, 6.07) is 0. The molecule has 0 bridgehead atoms. The predicted molar refractivity (Wildman–Crippen MR) is 48.5 cm³/mol. The van der Waals surface area contributed by atoms with Gasteiger partial charge in [-0.25, -0.2) is 8.78 Å². The lowest BCUT2D eigenvalue weighted by Crippen LogP contribution is -2.58. The molecule has 2 N–H and O–H groups in total. The summed E-state index contributed by atoms with van der Waals surface area (Å²) >= 11 is 0. The summed E-state index contributed by atoms with van der Waals surface area (Å²) in [6.45, 7) is -1.09. The fraction of sp³-hybridized carbons (Fsp3) is 0.500. The highest BCUT2D eigenvalue weighted by atomic mass is 19.3. The zero-order chi connectivity index (χ0) is 11.2. The Morgan fingerprint density at radius 2 is 2.20 bits per heavy atom. The number of nitrogens with two attached hydrogens (primary N) is 1. The van der Waals surface area contributed by atoms with Crippen LogP contribution in [0.3, 0.4) is 0 Å². The lowest BCUT2D eigenvalue weighted by atomic mass is 10.1. The molecule has 1 aliphatic rings. The van der Waals surface area contributed by atoms with E-state index in [0.29, 0.717) is 0 Å². The second-order valence-corrected chi connectivity index (χ2v) is 3.59. The summed E-state index contributed by atoms with van der Waals surface area (Å²) in [6.07, 6.45) is 1.32. The number of carbonyl (C=O) groups excluding carboxylic acids is 1. The van der Waals surface area contributed by atoms with Gasteiger partial charge in [-0.1, -0.05) is 0 Å². The summed E-state index contributed by atoms with van der Waals surface area (Å²) in [5, 5.41) is 3.77. The number of aryl methyl sites for hydroxylation is 1. The number of hydrogen-bond donors (Lipinski definition) is 1. The molecule has 2 heterocycles. The molecule has 7 heteroatoms. The molecule has 1 amide bonds. The van der Waals surface area contributed by atoms with Gasteiger partial charge in [-0.3, -0.25) is 9.48 Å². The lowest BCUT2D eigenvalue weighted by molar-refractivity contribution is -0.113. The van der Waals surface area contributed by atoms with Gasteiger partial charge < -0.3 is 10.6 Å². The quantitative estimate of drug-likeness (QED) is 0.723. The van der Waals surface area contributed by atoms with Crippen LogP contribution < -0.4 is 5.73 Å². The van der Waals surface area contributed by atoms with Crippen molar-refractivity contribution in [1.29, 1.82) is 0 Å². The summed E-state index contributed by atoms with van der Waals surface area (Å²) in [4.78, 5) is 12.7. The maximum absolute atomic E-state index is 12.5. The van der Waals surface area contributed by atoms with E-state index in [2.05, 4.69) is 5.10 Å². The maximum atomic E-state index is 12.5. The zero-order valence-corrected chi connectivity index (χ0v) is 8.07. The molecule has 0 radical (unpaired) electrons. The third kappa shape index (κ3) is 1.53. The summed E-state index contributed by atoms with van der Waals surface area (Å²) in [5.74, 6) is -3.26. The topological polar surface area (TPSA) is 64.2 Å². The van der Waals surface area contributed by atoms with E-state index in [1.54, 1.807) is 7.05 Å². The molecule has 1 aromatic heterocycles. The minimum atomic E-state index is -2.76. The molecule has 0 aromatic carbocycles. The first-order valence-electron chi connectivity index (χ1n) is 4.35. The molecule has 2 rings (SSSR count). The highest BCUT2D eigenvalue weighted by molar-refractivity contribution is 5.97. The van der Waals surface area contributed by atoms with Crippen molar-refractivity contribution in [3.8, 4) is 0 Å². The van der Waals surface area contributed by atoms with Crippen molar-refractivity contribution in [3.63, 3.8) is 0 Å². The normalized spacial score (nSPS) is 18.7. The van der Waals surface area contributed by atoms with Gasteiger partial charge in [0.05, 0.1) is 25.0 Å². The third-order valence-electron chi connectivity index (χ3n) is 2.30. The number of nitrogens with zero attached hydrogens (tertiary/aromatic N) is 3. The smallest absolute Gasteiger partial charge is 0.282 e. The predicted octanol–water partition coefficient (Wildman–Crippen LogP) is 0.0934. The van der Waals surface area contributed by atoms with Crippen molar-refractivity contribution < 1.29 is 13.6 Å². The molecule has 0 saturated carbocycles. The minimum Gasteiger partial charge on any atom is -0.396 e. The van der Waals surface area contributed by atoms with Gasteiger partial charge in [0, 0.05) is 7.05 Å². The first-order valence-corrected chi connectivity index (χ1v) is 4.35. The van der Waals surface area contributed by atoms with E-state index in [1.165, 1.54) is 10.9 Å². The average molecular weight is 216 g/mol. The summed E-state index contributed by atoms with van der Waals surface area (Å²) in [5.41, 5.74) is 5.87. The first kappa shape index (κ1) is 9.88. The lowest BCUT2D eigenvalue weighted by Gasteiger charge is -2.38. The number of alkyl halides is 2. The molecule has 0 unspecified atom stereocenters. The van der Waals surface area contributed by atoms with Crippen LogP contribution in [-0.4, -0.2) is 39.6 Å². The molecule has 0 atom stereocenters. The van der Waals surface area contributed by atoms with E-state index in [4.69, 9.17) is 5.73 Å². The Kier molecular flexibility index (Phi) is 1.92. The molecular weight excluding hydrogens is 206 g/mol. The Balaban J connectivity index is 2.17. The SMILES string of the molecule is Cn1ncc(N)c1C(=O)N1CC(F)(F)C1. The fourth-order valence-electron chi connectivity index (χ4n) is 1.52. The molecule has 0 aliphatic carbocycles. The minimum absolute atomic E-state index is 0.158. The Morgan fingerprint density at radius 1 is 1.60 bits per heavy atom. The highest BCUT2D eigenvalue weighted by Crippen LogP contribution is 2.28. The molecule has 1 saturated heterocycles. The second-order valence-electron chi connectivity index (χ2n) is 3.59. The number of halogens is 2. The number of hydrogen-bond acceptors (Lipinski definition) is 3. The van der Waals surface area contributed by atoms with Gasteiger partial charge in [-0.2, -0.15) is 5.10 Å². The van der Waals surface area contributed by atoms with E-state index in [9.17, 15) is 13.6 Å². The van der Waals surface area contributed by atoms with Gasteiger partial charge in [-0.05, 0) is 0 Å².